The second kappa shape index (κ2) is 6.70. The van der Waals surface area contributed by atoms with Gasteiger partial charge in [-0.1, -0.05) is 60.7 Å². The van der Waals surface area contributed by atoms with Crippen molar-refractivity contribution in [1.29, 1.82) is 0 Å². The van der Waals surface area contributed by atoms with E-state index in [9.17, 15) is 0 Å². The largest absolute Gasteiger partial charge is 0.306 e. The zero-order chi connectivity index (χ0) is 16.5. The summed E-state index contributed by atoms with van der Waals surface area (Å²) in [4.78, 5) is 2.78. The van der Waals surface area contributed by atoms with Crippen molar-refractivity contribution in [2.75, 3.05) is 0 Å². The lowest BCUT2D eigenvalue weighted by Gasteiger charge is -2.32. The number of benzene rings is 2. The van der Waals surface area contributed by atoms with Gasteiger partial charge < -0.3 is 5.32 Å². The number of hydrogen-bond acceptors (Lipinski definition) is 2. The Labute approximate surface area is 145 Å². The average Bonchev–Trinajstić information content (AvgIpc) is 3.20. The molecule has 4 rings (SSSR count). The van der Waals surface area contributed by atoms with Crippen LogP contribution in [0.3, 0.4) is 0 Å². The Bertz CT molecular complexity index is 654. The van der Waals surface area contributed by atoms with Gasteiger partial charge in [0.25, 0.3) is 0 Å². The first-order valence-electron chi connectivity index (χ1n) is 9.37. The molecule has 2 aliphatic heterocycles. The van der Waals surface area contributed by atoms with Crippen LogP contribution < -0.4 is 5.32 Å². The van der Waals surface area contributed by atoms with E-state index in [4.69, 9.17) is 0 Å². The van der Waals surface area contributed by atoms with E-state index in [0.717, 1.165) is 6.04 Å². The Morgan fingerprint density at radius 3 is 2.17 bits per heavy atom. The maximum Gasteiger partial charge on any atom is 0.0326 e. The van der Waals surface area contributed by atoms with Crippen LogP contribution in [0.1, 0.15) is 56.3 Å². The van der Waals surface area contributed by atoms with Gasteiger partial charge in [-0.05, 0) is 44.2 Å². The van der Waals surface area contributed by atoms with Gasteiger partial charge in [0.05, 0.1) is 0 Å². The maximum atomic E-state index is 3.92. The van der Waals surface area contributed by atoms with Crippen molar-refractivity contribution in [1.82, 2.24) is 10.2 Å². The molecular weight excluding hydrogens is 292 g/mol. The molecule has 24 heavy (non-hydrogen) atoms. The quantitative estimate of drug-likeness (QED) is 0.859. The van der Waals surface area contributed by atoms with Crippen molar-refractivity contribution in [3.63, 3.8) is 0 Å². The Morgan fingerprint density at radius 1 is 0.875 bits per heavy atom. The van der Waals surface area contributed by atoms with Gasteiger partial charge in [-0.15, -0.1) is 0 Å². The number of fused-ring (bicyclic) bond motifs is 2. The summed E-state index contributed by atoms with van der Waals surface area (Å²) in [5, 5.41) is 3.92. The highest BCUT2D eigenvalue weighted by Gasteiger charge is 2.48. The van der Waals surface area contributed by atoms with Crippen molar-refractivity contribution < 1.29 is 0 Å². The van der Waals surface area contributed by atoms with Crippen molar-refractivity contribution >= 4 is 0 Å². The topological polar surface area (TPSA) is 15.3 Å². The lowest BCUT2D eigenvalue weighted by molar-refractivity contribution is 0.180. The summed E-state index contributed by atoms with van der Waals surface area (Å²) in [5.74, 6) is 0. The highest BCUT2D eigenvalue weighted by atomic mass is 15.3. The van der Waals surface area contributed by atoms with E-state index >= 15 is 0 Å². The molecule has 0 saturated carbocycles. The lowest BCUT2D eigenvalue weighted by Crippen LogP contribution is -2.42. The van der Waals surface area contributed by atoms with Gasteiger partial charge >= 0.3 is 0 Å². The minimum absolute atomic E-state index is 0.421. The molecule has 0 unspecified atom stereocenters. The van der Waals surface area contributed by atoms with E-state index in [1.165, 1.54) is 30.4 Å². The zero-order valence-electron chi connectivity index (χ0n) is 14.7. The summed E-state index contributed by atoms with van der Waals surface area (Å²) < 4.78 is 0. The highest BCUT2D eigenvalue weighted by molar-refractivity contribution is 5.22. The fourth-order valence-corrected chi connectivity index (χ4v) is 4.88. The third kappa shape index (κ3) is 2.89. The van der Waals surface area contributed by atoms with Gasteiger partial charge in [-0.2, -0.15) is 0 Å². The van der Waals surface area contributed by atoms with Crippen LogP contribution in [0.4, 0.5) is 0 Å². The highest BCUT2D eigenvalue weighted by Crippen LogP contribution is 2.43. The molecule has 0 radical (unpaired) electrons. The molecule has 1 N–H and O–H groups in total. The van der Waals surface area contributed by atoms with Crippen LogP contribution >= 0.6 is 0 Å². The van der Waals surface area contributed by atoms with Crippen LogP contribution in [0, 0.1) is 0 Å². The molecule has 2 fully saturated rings. The predicted molar refractivity (Wildman–Crippen MR) is 99.9 cm³/mol. The van der Waals surface area contributed by atoms with Crippen molar-refractivity contribution in [3.8, 4) is 0 Å². The second-order valence-corrected chi connectivity index (χ2v) is 7.47. The summed E-state index contributed by atoms with van der Waals surface area (Å²) in [7, 11) is 0. The van der Waals surface area contributed by atoms with Crippen LogP contribution in [0.5, 0.6) is 0 Å². The molecule has 126 valence electrons. The van der Waals surface area contributed by atoms with Gasteiger partial charge in [0, 0.05) is 30.2 Å². The number of nitrogens with zero attached hydrogens (tertiary/aromatic N) is 1. The molecule has 2 aromatic carbocycles. The van der Waals surface area contributed by atoms with Crippen LogP contribution in [-0.4, -0.2) is 23.0 Å². The molecular formula is C22H28N2. The standard InChI is InChI=1S/C22H28N2/c1-16(18-9-5-3-6-10-18)23-21-15-20-13-14-22(21)24(20)17(2)19-11-7-4-8-12-19/h3-12,16-17,20-23H,13-15H2,1-2H3/t16-,17-,20-,21+,22+/m0/s1. The van der Waals surface area contributed by atoms with Gasteiger partial charge in [0.15, 0.2) is 0 Å². The van der Waals surface area contributed by atoms with E-state index in [2.05, 4.69) is 84.7 Å². The Balaban J connectivity index is 1.47. The van der Waals surface area contributed by atoms with E-state index in [-0.39, 0.29) is 0 Å². The second-order valence-electron chi connectivity index (χ2n) is 7.47. The normalized spacial score (nSPS) is 28.8. The minimum Gasteiger partial charge on any atom is -0.306 e. The fourth-order valence-electron chi connectivity index (χ4n) is 4.88. The summed E-state index contributed by atoms with van der Waals surface area (Å²) in [6.07, 6.45) is 3.99. The molecule has 0 amide bonds. The lowest BCUT2D eigenvalue weighted by atomic mass is 9.94. The summed E-state index contributed by atoms with van der Waals surface area (Å²) >= 11 is 0. The zero-order valence-corrected chi connectivity index (χ0v) is 14.7. The third-order valence-electron chi connectivity index (χ3n) is 6.08. The Hall–Kier alpha value is -1.64. The van der Waals surface area contributed by atoms with E-state index < -0.39 is 0 Å². The molecule has 2 aromatic rings. The third-order valence-corrected chi connectivity index (χ3v) is 6.08. The molecule has 2 nitrogen and oxygen atoms in total. The van der Waals surface area contributed by atoms with Crippen LogP contribution in [0.15, 0.2) is 60.7 Å². The first kappa shape index (κ1) is 15.9. The van der Waals surface area contributed by atoms with Crippen molar-refractivity contribution in [2.45, 2.75) is 63.3 Å². The number of rotatable bonds is 5. The molecule has 5 atom stereocenters. The van der Waals surface area contributed by atoms with Gasteiger partial charge in [-0.25, -0.2) is 0 Å². The maximum absolute atomic E-state index is 3.92. The fraction of sp³-hybridized carbons (Fsp3) is 0.455. The molecule has 0 aliphatic carbocycles. The van der Waals surface area contributed by atoms with Crippen LogP contribution in [0.25, 0.3) is 0 Å². The number of nitrogens with one attached hydrogen (secondary N) is 1. The van der Waals surface area contributed by atoms with E-state index in [0.29, 0.717) is 24.2 Å². The van der Waals surface area contributed by atoms with Crippen molar-refractivity contribution in [3.05, 3.63) is 71.8 Å². The minimum atomic E-state index is 0.421. The molecule has 0 aromatic heterocycles. The molecule has 2 heterocycles. The summed E-state index contributed by atoms with van der Waals surface area (Å²) in [5.41, 5.74) is 2.84. The van der Waals surface area contributed by atoms with Crippen LogP contribution in [0.2, 0.25) is 0 Å². The summed E-state index contributed by atoms with van der Waals surface area (Å²) in [6, 6.07) is 24.8. The van der Waals surface area contributed by atoms with Crippen molar-refractivity contribution in [2.24, 2.45) is 0 Å². The summed E-state index contributed by atoms with van der Waals surface area (Å²) in [6.45, 7) is 4.68. The Kier molecular flexibility index (Phi) is 4.43. The molecule has 2 saturated heterocycles. The Morgan fingerprint density at radius 2 is 1.50 bits per heavy atom. The first-order valence-corrected chi connectivity index (χ1v) is 9.37. The van der Waals surface area contributed by atoms with Crippen LogP contribution in [-0.2, 0) is 0 Å². The van der Waals surface area contributed by atoms with Gasteiger partial charge in [0.2, 0.25) is 0 Å². The SMILES string of the molecule is C[C@H](N[C@@H]1C[C@@H]2CC[C@H]1N2[C@@H](C)c1ccccc1)c1ccccc1. The molecule has 2 bridgehead atoms. The number of hydrogen-bond donors (Lipinski definition) is 1. The first-order chi connectivity index (χ1) is 11.7. The van der Waals surface area contributed by atoms with Gasteiger partial charge in [0.1, 0.15) is 0 Å². The predicted octanol–water partition coefficient (Wildman–Crippen LogP) is 4.70. The van der Waals surface area contributed by atoms with E-state index in [1.807, 2.05) is 0 Å². The molecule has 2 aliphatic rings. The average molecular weight is 320 g/mol. The smallest absolute Gasteiger partial charge is 0.0326 e. The van der Waals surface area contributed by atoms with Gasteiger partial charge in [-0.3, -0.25) is 4.90 Å². The molecule has 0 spiro atoms. The van der Waals surface area contributed by atoms with E-state index in [1.54, 1.807) is 0 Å². The molecule has 2 heteroatoms. The monoisotopic (exact) mass is 320 g/mol.